The third-order valence-corrected chi connectivity index (χ3v) is 4.89. The first-order valence-electron chi connectivity index (χ1n) is 8.83. The Kier molecular flexibility index (Phi) is 5.64. The van der Waals surface area contributed by atoms with Gasteiger partial charge in [-0.15, -0.1) is 0 Å². The maximum absolute atomic E-state index is 12.7. The van der Waals surface area contributed by atoms with Gasteiger partial charge in [0.25, 0.3) is 5.91 Å². The predicted molar refractivity (Wildman–Crippen MR) is 101 cm³/mol. The quantitative estimate of drug-likeness (QED) is 0.758. The molecule has 1 aliphatic rings. The smallest absolute Gasteiger partial charge is 0.317 e. The molecular weight excluding hydrogens is 346 g/mol. The Morgan fingerprint density at radius 1 is 1.00 bits per heavy atom. The van der Waals surface area contributed by atoms with Crippen molar-refractivity contribution in [2.75, 3.05) is 26.1 Å². The third-order valence-electron chi connectivity index (χ3n) is 4.89. The second-order valence-corrected chi connectivity index (χ2v) is 6.53. The van der Waals surface area contributed by atoms with Crippen LogP contribution in [0, 0.1) is 0 Å². The number of carbonyl (C=O) groups is 2. The molecule has 0 bridgehead atoms. The highest BCUT2D eigenvalue weighted by Gasteiger charge is 2.47. The summed E-state index contributed by atoms with van der Waals surface area (Å²) in [6.45, 7) is -0.340. The van der Waals surface area contributed by atoms with Crippen LogP contribution in [0.2, 0.25) is 0 Å². The van der Waals surface area contributed by atoms with Gasteiger partial charge in [0.15, 0.2) is 6.61 Å². The molecule has 0 aliphatic heterocycles. The van der Waals surface area contributed by atoms with Gasteiger partial charge >= 0.3 is 5.97 Å². The minimum Gasteiger partial charge on any atom is -0.497 e. The van der Waals surface area contributed by atoms with Gasteiger partial charge in [0.05, 0.1) is 19.6 Å². The summed E-state index contributed by atoms with van der Waals surface area (Å²) in [4.78, 5) is 24.9. The highest BCUT2D eigenvalue weighted by Crippen LogP contribution is 2.44. The number of amides is 1. The fourth-order valence-electron chi connectivity index (χ4n) is 3.24. The van der Waals surface area contributed by atoms with Crippen molar-refractivity contribution < 1.29 is 23.8 Å². The molecule has 27 heavy (non-hydrogen) atoms. The lowest BCUT2D eigenvalue weighted by molar-refractivity contribution is -0.156. The summed E-state index contributed by atoms with van der Waals surface area (Å²) in [5, 5.41) is 2.70. The lowest BCUT2D eigenvalue weighted by atomic mass is 9.64. The Morgan fingerprint density at radius 2 is 1.63 bits per heavy atom. The number of carbonyl (C=O) groups excluding carboxylic acids is 2. The van der Waals surface area contributed by atoms with Crippen LogP contribution < -0.4 is 14.8 Å². The van der Waals surface area contributed by atoms with Crippen molar-refractivity contribution in [2.24, 2.45) is 0 Å². The predicted octanol–water partition coefficient (Wildman–Crippen LogP) is 3.31. The van der Waals surface area contributed by atoms with E-state index >= 15 is 0 Å². The summed E-state index contributed by atoms with van der Waals surface area (Å²) in [5.41, 5.74) is 0.827. The van der Waals surface area contributed by atoms with Crippen molar-refractivity contribution in [2.45, 2.75) is 24.7 Å². The van der Waals surface area contributed by atoms with Gasteiger partial charge < -0.3 is 19.5 Å². The SMILES string of the molecule is COc1cc(NC(=O)COC(=O)C2(c3ccccc3)CCC2)cc(OC)c1. The van der Waals surface area contributed by atoms with Crippen LogP contribution in [0.3, 0.4) is 0 Å². The molecule has 142 valence electrons. The maximum atomic E-state index is 12.7. The molecule has 0 spiro atoms. The van der Waals surface area contributed by atoms with E-state index in [2.05, 4.69) is 5.32 Å². The first-order valence-corrected chi connectivity index (χ1v) is 8.83. The lowest BCUT2D eigenvalue weighted by Crippen LogP contribution is -2.44. The van der Waals surface area contributed by atoms with E-state index in [9.17, 15) is 9.59 Å². The second kappa shape index (κ2) is 8.12. The van der Waals surface area contributed by atoms with E-state index in [4.69, 9.17) is 14.2 Å². The number of esters is 1. The van der Waals surface area contributed by atoms with Crippen molar-refractivity contribution in [1.29, 1.82) is 0 Å². The summed E-state index contributed by atoms with van der Waals surface area (Å²) in [6, 6.07) is 14.6. The van der Waals surface area contributed by atoms with E-state index in [1.54, 1.807) is 18.2 Å². The van der Waals surface area contributed by atoms with E-state index in [1.165, 1.54) is 14.2 Å². The highest BCUT2D eigenvalue weighted by atomic mass is 16.5. The van der Waals surface area contributed by atoms with Crippen LogP contribution in [-0.2, 0) is 19.7 Å². The Bertz CT molecular complexity index is 792. The molecule has 6 heteroatoms. The number of ether oxygens (including phenoxy) is 3. The molecular formula is C21H23NO5. The number of benzene rings is 2. The molecule has 1 amide bonds. The van der Waals surface area contributed by atoms with Crippen molar-refractivity contribution in [3.8, 4) is 11.5 Å². The van der Waals surface area contributed by atoms with Crippen LogP contribution in [0.15, 0.2) is 48.5 Å². The van der Waals surface area contributed by atoms with Gasteiger partial charge in [0, 0.05) is 23.9 Å². The van der Waals surface area contributed by atoms with Gasteiger partial charge in [-0.3, -0.25) is 9.59 Å². The fourth-order valence-corrected chi connectivity index (χ4v) is 3.24. The number of hydrogen-bond acceptors (Lipinski definition) is 5. The molecule has 2 aromatic carbocycles. The van der Waals surface area contributed by atoms with Gasteiger partial charge in [0.1, 0.15) is 11.5 Å². The Hall–Kier alpha value is -3.02. The Balaban J connectivity index is 1.61. The normalized spacial score (nSPS) is 14.6. The molecule has 1 saturated carbocycles. The van der Waals surface area contributed by atoms with Gasteiger partial charge in [-0.05, 0) is 18.4 Å². The zero-order valence-electron chi connectivity index (χ0n) is 15.5. The first-order chi connectivity index (χ1) is 13.1. The van der Waals surface area contributed by atoms with Gasteiger partial charge in [-0.25, -0.2) is 0 Å². The maximum Gasteiger partial charge on any atom is 0.317 e. The fraction of sp³-hybridized carbons (Fsp3) is 0.333. The number of methoxy groups -OCH3 is 2. The van der Waals surface area contributed by atoms with Crippen molar-refractivity contribution in [3.05, 3.63) is 54.1 Å². The van der Waals surface area contributed by atoms with Crippen molar-refractivity contribution >= 4 is 17.6 Å². The number of rotatable bonds is 7. The summed E-state index contributed by atoms with van der Waals surface area (Å²) in [7, 11) is 3.06. The summed E-state index contributed by atoms with van der Waals surface area (Å²) in [5.74, 6) is 0.345. The monoisotopic (exact) mass is 369 g/mol. The average Bonchev–Trinajstić information content (AvgIpc) is 2.66. The number of hydrogen-bond donors (Lipinski definition) is 1. The van der Waals surface area contributed by atoms with E-state index < -0.39 is 11.3 Å². The van der Waals surface area contributed by atoms with E-state index in [0.29, 0.717) is 17.2 Å². The minimum absolute atomic E-state index is 0.340. The molecule has 0 unspecified atom stereocenters. The first kappa shape index (κ1) is 18.8. The lowest BCUT2D eigenvalue weighted by Gasteiger charge is -2.39. The summed E-state index contributed by atoms with van der Waals surface area (Å²) in [6.07, 6.45) is 2.45. The molecule has 2 aromatic rings. The molecule has 1 fully saturated rings. The molecule has 0 heterocycles. The van der Waals surface area contributed by atoms with Crippen LogP contribution in [0.4, 0.5) is 5.69 Å². The van der Waals surface area contributed by atoms with Gasteiger partial charge in [-0.2, -0.15) is 0 Å². The topological polar surface area (TPSA) is 73.9 Å². The highest BCUT2D eigenvalue weighted by molar-refractivity contribution is 5.94. The van der Waals surface area contributed by atoms with Crippen LogP contribution in [0.1, 0.15) is 24.8 Å². The molecule has 0 atom stereocenters. The largest absolute Gasteiger partial charge is 0.497 e. The molecule has 0 aromatic heterocycles. The molecule has 1 N–H and O–H groups in total. The van der Waals surface area contributed by atoms with E-state index in [-0.39, 0.29) is 12.6 Å². The number of anilines is 1. The van der Waals surface area contributed by atoms with Crippen molar-refractivity contribution in [1.82, 2.24) is 0 Å². The molecule has 0 saturated heterocycles. The number of nitrogens with one attached hydrogen (secondary N) is 1. The summed E-state index contributed by atoms with van der Waals surface area (Å²) >= 11 is 0. The Morgan fingerprint density at radius 3 is 2.15 bits per heavy atom. The minimum atomic E-state index is -0.624. The Labute approximate surface area is 158 Å². The molecule has 1 aliphatic carbocycles. The third kappa shape index (κ3) is 4.05. The molecule has 3 rings (SSSR count). The van der Waals surface area contributed by atoms with Crippen LogP contribution >= 0.6 is 0 Å². The zero-order valence-corrected chi connectivity index (χ0v) is 15.5. The van der Waals surface area contributed by atoms with Crippen LogP contribution in [-0.4, -0.2) is 32.7 Å². The summed E-state index contributed by atoms with van der Waals surface area (Å²) < 4.78 is 15.7. The standard InChI is InChI=1S/C21H23NO5/c1-25-17-11-16(12-18(13-17)26-2)22-19(23)14-27-20(24)21(9-6-10-21)15-7-4-3-5-8-15/h3-5,7-8,11-13H,6,9-10,14H2,1-2H3,(H,22,23). The molecule has 0 radical (unpaired) electrons. The van der Waals surface area contributed by atoms with Crippen LogP contribution in [0.5, 0.6) is 11.5 Å². The zero-order chi connectivity index (χ0) is 19.3. The average molecular weight is 369 g/mol. The van der Waals surface area contributed by atoms with E-state index in [0.717, 1.165) is 24.8 Å². The molecule has 6 nitrogen and oxygen atoms in total. The van der Waals surface area contributed by atoms with Crippen LogP contribution in [0.25, 0.3) is 0 Å². The van der Waals surface area contributed by atoms with Gasteiger partial charge in [-0.1, -0.05) is 36.8 Å². The van der Waals surface area contributed by atoms with Crippen molar-refractivity contribution in [3.63, 3.8) is 0 Å². The second-order valence-electron chi connectivity index (χ2n) is 6.53. The van der Waals surface area contributed by atoms with Gasteiger partial charge in [0.2, 0.25) is 0 Å². The van der Waals surface area contributed by atoms with E-state index in [1.807, 2.05) is 30.3 Å².